The van der Waals surface area contributed by atoms with Gasteiger partial charge in [0.1, 0.15) is 5.78 Å². The maximum atomic E-state index is 11.5. The minimum Gasteiger partial charge on any atom is -0.354 e. The lowest BCUT2D eigenvalue weighted by Crippen LogP contribution is -2.03. The SMILES string of the molecule is CCCCCCC(=O)CCn1cccc1. The molecule has 0 amide bonds. The molecule has 0 N–H and O–H groups in total. The molecule has 0 aliphatic rings. The molecule has 1 aromatic rings. The smallest absolute Gasteiger partial charge is 0.134 e. The molecule has 0 spiro atoms. The average molecular weight is 207 g/mol. The molecule has 0 bridgehead atoms. The highest BCUT2D eigenvalue weighted by molar-refractivity contribution is 5.78. The van der Waals surface area contributed by atoms with Crippen LogP contribution in [0.3, 0.4) is 0 Å². The molecule has 0 fully saturated rings. The Labute approximate surface area is 92.3 Å². The molecule has 1 aromatic heterocycles. The van der Waals surface area contributed by atoms with E-state index in [4.69, 9.17) is 0 Å². The Morgan fingerprint density at radius 2 is 1.80 bits per heavy atom. The molecule has 0 aliphatic carbocycles. The molecule has 15 heavy (non-hydrogen) atoms. The van der Waals surface area contributed by atoms with E-state index < -0.39 is 0 Å². The van der Waals surface area contributed by atoms with Crippen molar-refractivity contribution in [3.05, 3.63) is 24.5 Å². The van der Waals surface area contributed by atoms with E-state index >= 15 is 0 Å². The third-order valence-electron chi connectivity index (χ3n) is 2.62. The van der Waals surface area contributed by atoms with Crippen molar-refractivity contribution in [2.24, 2.45) is 0 Å². The Hall–Kier alpha value is -1.05. The molecular formula is C13H21NO. The molecule has 0 saturated heterocycles. The van der Waals surface area contributed by atoms with Gasteiger partial charge in [-0.25, -0.2) is 0 Å². The van der Waals surface area contributed by atoms with Crippen LogP contribution < -0.4 is 0 Å². The standard InChI is InChI=1S/C13H21NO/c1-2-3-4-5-8-13(15)9-12-14-10-6-7-11-14/h6-7,10-11H,2-5,8-9,12H2,1H3. The summed E-state index contributed by atoms with van der Waals surface area (Å²) in [5, 5.41) is 0. The molecule has 0 atom stereocenters. The van der Waals surface area contributed by atoms with Crippen molar-refractivity contribution in [1.82, 2.24) is 4.57 Å². The van der Waals surface area contributed by atoms with Gasteiger partial charge in [-0.1, -0.05) is 26.2 Å². The molecule has 0 saturated carbocycles. The zero-order chi connectivity index (χ0) is 10.9. The molecule has 0 aromatic carbocycles. The zero-order valence-electron chi connectivity index (χ0n) is 9.61. The topological polar surface area (TPSA) is 22.0 Å². The molecular weight excluding hydrogens is 186 g/mol. The van der Waals surface area contributed by atoms with Crippen LogP contribution in [0.5, 0.6) is 0 Å². The number of hydrogen-bond acceptors (Lipinski definition) is 1. The van der Waals surface area contributed by atoms with E-state index in [0.717, 1.165) is 19.4 Å². The third kappa shape index (κ3) is 5.40. The highest BCUT2D eigenvalue weighted by Crippen LogP contribution is 2.05. The molecule has 0 radical (unpaired) electrons. The monoisotopic (exact) mass is 207 g/mol. The molecule has 2 heteroatoms. The highest BCUT2D eigenvalue weighted by Gasteiger charge is 2.01. The quantitative estimate of drug-likeness (QED) is 0.599. The normalized spacial score (nSPS) is 10.5. The van der Waals surface area contributed by atoms with Crippen molar-refractivity contribution in [3.63, 3.8) is 0 Å². The summed E-state index contributed by atoms with van der Waals surface area (Å²) in [6.45, 7) is 3.02. The van der Waals surface area contributed by atoms with Crippen molar-refractivity contribution in [2.75, 3.05) is 0 Å². The van der Waals surface area contributed by atoms with Gasteiger partial charge in [0.05, 0.1) is 0 Å². The van der Waals surface area contributed by atoms with Gasteiger partial charge < -0.3 is 4.57 Å². The maximum absolute atomic E-state index is 11.5. The fraction of sp³-hybridized carbons (Fsp3) is 0.615. The predicted molar refractivity (Wildman–Crippen MR) is 62.8 cm³/mol. The molecule has 1 heterocycles. The van der Waals surface area contributed by atoms with Gasteiger partial charge in [-0.05, 0) is 18.6 Å². The van der Waals surface area contributed by atoms with Crippen molar-refractivity contribution in [2.45, 2.75) is 52.0 Å². The van der Waals surface area contributed by atoms with E-state index in [-0.39, 0.29) is 0 Å². The van der Waals surface area contributed by atoms with E-state index in [0.29, 0.717) is 12.2 Å². The summed E-state index contributed by atoms with van der Waals surface area (Å²) in [5.41, 5.74) is 0. The Morgan fingerprint density at radius 1 is 1.07 bits per heavy atom. The van der Waals surface area contributed by atoms with Crippen molar-refractivity contribution < 1.29 is 4.79 Å². The van der Waals surface area contributed by atoms with Gasteiger partial charge in [-0.2, -0.15) is 0 Å². The number of aromatic nitrogens is 1. The van der Waals surface area contributed by atoms with Crippen LogP contribution in [0.25, 0.3) is 0 Å². The maximum Gasteiger partial charge on any atom is 0.134 e. The van der Waals surface area contributed by atoms with E-state index in [9.17, 15) is 4.79 Å². The van der Waals surface area contributed by atoms with E-state index in [1.54, 1.807) is 0 Å². The van der Waals surface area contributed by atoms with E-state index in [2.05, 4.69) is 11.5 Å². The van der Waals surface area contributed by atoms with Crippen LogP contribution in [0.4, 0.5) is 0 Å². The van der Waals surface area contributed by atoms with Gasteiger partial charge in [-0.3, -0.25) is 4.79 Å². The van der Waals surface area contributed by atoms with Crippen LogP contribution in [0.1, 0.15) is 45.4 Å². The largest absolute Gasteiger partial charge is 0.354 e. The van der Waals surface area contributed by atoms with E-state index in [1.807, 2.05) is 24.5 Å². The van der Waals surface area contributed by atoms with Crippen LogP contribution in [0.15, 0.2) is 24.5 Å². The number of ketones is 1. The van der Waals surface area contributed by atoms with Gasteiger partial charge in [0.2, 0.25) is 0 Å². The van der Waals surface area contributed by atoms with Crippen molar-refractivity contribution >= 4 is 5.78 Å². The van der Waals surface area contributed by atoms with Crippen molar-refractivity contribution in [1.29, 1.82) is 0 Å². The Kier molecular flexibility index (Phi) is 5.83. The average Bonchev–Trinajstić information content (AvgIpc) is 2.74. The summed E-state index contributed by atoms with van der Waals surface area (Å²) >= 11 is 0. The molecule has 0 aliphatic heterocycles. The second kappa shape index (κ2) is 7.27. The summed E-state index contributed by atoms with van der Waals surface area (Å²) in [5.74, 6) is 0.403. The highest BCUT2D eigenvalue weighted by atomic mass is 16.1. The first-order valence-corrected chi connectivity index (χ1v) is 5.95. The molecule has 1 rings (SSSR count). The lowest BCUT2D eigenvalue weighted by molar-refractivity contribution is -0.119. The number of unbranched alkanes of at least 4 members (excludes halogenated alkanes) is 3. The Bertz CT molecular complexity index is 264. The minimum absolute atomic E-state index is 0.403. The fourth-order valence-corrected chi connectivity index (χ4v) is 1.65. The molecule has 84 valence electrons. The number of nitrogens with zero attached hydrogens (tertiary/aromatic N) is 1. The summed E-state index contributed by atoms with van der Waals surface area (Å²) in [7, 11) is 0. The molecule has 2 nitrogen and oxygen atoms in total. The zero-order valence-corrected chi connectivity index (χ0v) is 9.61. The number of rotatable bonds is 8. The number of Topliss-reactive ketones (excluding diaryl/α,β-unsaturated/α-hetero) is 1. The second-order valence-electron chi connectivity index (χ2n) is 4.02. The van der Waals surface area contributed by atoms with Crippen LogP contribution in [0, 0.1) is 0 Å². The summed E-state index contributed by atoms with van der Waals surface area (Å²) in [6.07, 6.45) is 10.2. The first kappa shape index (κ1) is 12.0. The van der Waals surface area contributed by atoms with Crippen molar-refractivity contribution in [3.8, 4) is 0 Å². The van der Waals surface area contributed by atoms with E-state index in [1.165, 1.54) is 19.3 Å². The summed E-state index contributed by atoms with van der Waals surface area (Å²) < 4.78 is 2.06. The minimum atomic E-state index is 0.403. The first-order chi connectivity index (χ1) is 7.33. The van der Waals surface area contributed by atoms with Gasteiger partial charge >= 0.3 is 0 Å². The lowest BCUT2D eigenvalue weighted by atomic mass is 10.1. The summed E-state index contributed by atoms with van der Waals surface area (Å²) in [4.78, 5) is 11.5. The van der Waals surface area contributed by atoms with Gasteiger partial charge in [0.15, 0.2) is 0 Å². The van der Waals surface area contributed by atoms with Crippen LogP contribution >= 0.6 is 0 Å². The summed E-state index contributed by atoms with van der Waals surface area (Å²) in [6, 6.07) is 3.98. The Balaban J connectivity index is 2.04. The Morgan fingerprint density at radius 3 is 2.47 bits per heavy atom. The fourth-order valence-electron chi connectivity index (χ4n) is 1.65. The third-order valence-corrected chi connectivity index (χ3v) is 2.62. The predicted octanol–water partition coefficient (Wildman–Crippen LogP) is 3.42. The van der Waals surface area contributed by atoms with Crippen LogP contribution in [-0.4, -0.2) is 10.4 Å². The second-order valence-corrected chi connectivity index (χ2v) is 4.02. The first-order valence-electron chi connectivity index (χ1n) is 5.95. The number of aryl methyl sites for hydroxylation is 1. The van der Waals surface area contributed by atoms with Crippen LogP contribution in [0.2, 0.25) is 0 Å². The number of hydrogen-bond donors (Lipinski definition) is 0. The number of carbonyl (C=O) groups is 1. The molecule has 0 unspecified atom stereocenters. The van der Waals surface area contributed by atoms with Gasteiger partial charge in [0, 0.05) is 31.8 Å². The van der Waals surface area contributed by atoms with Gasteiger partial charge in [0.25, 0.3) is 0 Å². The van der Waals surface area contributed by atoms with Gasteiger partial charge in [-0.15, -0.1) is 0 Å². The lowest BCUT2D eigenvalue weighted by Gasteiger charge is -2.02. The number of carbonyl (C=O) groups excluding carboxylic acids is 1. The van der Waals surface area contributed by atoms with Crippen LogP contribution in [-0.2, 0) is 11.3 Å².